The fourth-order valence-corrected chi connectivity index (χ4v) is 3.56. The number of nitrogens with zero attached hydrogens (tertiary/aromatic N) is 1. The van der Waals surface area contributed by atoms with Gasteiger partial charge in [0.15, 0.2) is 5.60 Å². The van der Waals surface area contributed by atoms with Crippen molar-refractivity contribution in [1.29, 1.82) is 0 Å². The molecule has 3 fully saturated rings. The Labute approximate surface area is 137 Å². The van der Waals surface area contributed by atoms with Crippen LogP contribution in [0.2, 0.25) is 0 Å². The number of benzene rings is 1. The Morgan fingerprint density at radius 3 is 2.48 bits per heavy atom. The maximum Gasteiger partial charge on any atom is 0.347 e. The second-order valence-corrected chi connectivity index (χ2v) is 6.94. The third kappa shape index (κ3) is 3.00. The van der Waals surface area contributed by atoms with Crippen LogP contribution < -0.4 is 0 Å². The first-order chi connectivity index (χ1) is 11.0. The molecule has 3 aliphatic heterocycles. The van der Waals surface area contributed by atoms with Crippen LogP contribution in [0, 0.1) is 11.8 Å². The molecule has 1 aromatic rings. The van der Waals surface area contributed by atoms with E-state index in [1.165, 1.54) is 12.8 Å². The maximum absolute atomic E-state index is 12.6. The predicted octanol–water partition coefficient (Wildman–Crippen LogP) is 3.03. The standard InChI is InChI=1S/C19H25NO3/c1-14(2)19(22,16-6-4-3-5-7-16)18(21)23-13-17-12-15-8-10-20(17)11-9-15/h3-7,13-15,22H,8-12H2,1-2H3/b17-13+/t19-/m1/s1. The van der Waals surface area contributed by atoms with Crippen molar-refractivity contribution in [2.24, 2.45) is 11.8 Å². The van der Waals surface area contributed by atoms with Gasteiger partial charge in [0, 0.05) is 18.8 Å². The summed E-state index contributed by atoms with van der Waals surface area (Å²) < 4.78 is 5.42. The van der Waals surface area contributed by atoms with E-state index in [0.717, 1.165) is 25.2 Å². The number of allylic oxidation sites excluding steroid dienone is 1. The van der Waals surface area contributed by atoms with Crippen LogP contribution in [0.5, 0.6) is 0 Å². The van der Waals surface area contributed by atoms with Crippen LogP contribution in [-0.2, 0) is 15.1 Å². The van der Waals surface area contributed by atoms with E-state index >= 15 is 0 Å². The fourth-order valence-electron chi connectivity index (χ4n) is 3.56. The number of hydrogen-bond donors (Lipinski definition) is 1. The zero-order valence-electron chi connectivity index (χ0n) is 13.9. The molecule has 1 N–H and O–H groups in total. The van der Waals surface area contributed by atoms with Gasteiger partial charge in [0.05, 0.1) is 0 Å². The average molecular weight is 315 g/mol. The second-order valence-electron chi connectivity index (χ2n) is 6.94. The Morgan fingerprint density at radius 1 is 1.30 bits per heavy atom. The highest BCUT2D eigenvalue weighted by Crippen LogP contribution is 2.35. The van der Waals surface area contributed by atoms with Gasteiger partial charge in [-0.15, -0.1) is 0 Å². The quantitative estimate of drug-likeness (QED) is 0.685. The van der Waals surface area contributed by atoms with E-state index in [9.17, 15) is 9.90 Å². The zero-order chi connectivity index (χ0) is 16.4. The molecular weight excluding hydrogens is 290 g/mol. The molecule has 3 saturated heterocycles. The molecule has 0 aromatic heterocycles. The lowest BCUT2D eigenvalue weighted by atomic mass is 9.83. The molecule has 1 atom stereocenters. The van der Waals surface area contributed by atoms with Gasteiger partial charge < -0.3 is 14.7 Å². The topological polar surface area (TPSA) is 49.8 Å². The lowest BCUT2D eigenvalue weighted by Gasteiger charge is -2.42. The van der Waals surface area contributed by atoms with Crippen LogP contribution in [0.4, 0.5) is 0 Å². The average Bonchev–Trinajstić information content (AvgIpc) is 2.60. The molecule has 0 aliphatic carbocycles. The summed E-state index contributed by atoms with van der Waals surface area (Å²) in [6.45, 7) is 5.74. The van der Waals surface area contributed by atoms with Crippen molar-refractivity contribution in [3.05, 3.63) is 47.9 Å². The highest BCUT2D eigenvalue weighted by Gasteiger charge is 2.43. The van der Waals surface area contributed by atoms with E-state index in [-0.39, 0.29) is 5.92 Å². The molecule has 4 heteroatoms. The minimum Gasteiger partial charge on any atom is -0.430 e. The molecule has 0 saturated carbocycles. The number of carbonyl (C=O) groups is 1. The summed E-state index contributed by atoms with van der Waals surface area (Å²) in [7, 11) is 0. The van der Waals surface area contributed by atoms with Gasteiger partial charge in [-0.05, 0) is 36.7 Å². The van der Waals surface area contributed by atoms with E-state index in [1.54, 1.807) is 18.4 Å². The van der Waals surface area contributed by atoms with Crippen molar-refractivity contribution in [2.45, 2.75) is 38.7 Å². The lowest BCUT2D eigenvalue weighted by molar-refractivity contribution is -0.166. The monoisotopic (exact) mass is 315 g/mol. The van der Waals surface area contributed by atoms with E-state index < -0.39 is 11.6 Å². The molecule has 0 spiro atoms. The van der Waals surface area contributed by atoms with Gasteiger partial charge in [-0.25, -0.2) is 4.79 Å². The Hall–Kier alpha value is -1.81. The van der Waals surface area contributed by atoms with Gasteiger partial charge in [0.25, 0.3) is 0 Å². The lowest BCUT2D eigenvalue weighted by Crippen LogP contribution is -2.42. The number of esters is 1. The summed E-state index contributed by atoms with van der Waals surface area (Å²) in [6, 6.07) is 9.03. The Kier molecular flexibility index (Phi) is 4.44. The molecule has 0 amide bonds. The number of piperidine rings is 3. The molecule has 4 nitrogen and oxygen atoms in total. The maximum atomic E-state index is 12.6. The van der Waals surface area contributed by atoms with E-state index in [4.69, 9.17) is 4.74 Å². The minimum absolute atomic E-state index is 0.279. The van der Waals surface area contributed by atoms with Gasteiger partial charge in [0.2, 0.25) is 0 Å². The first kappa shape index (κ1) is 16.1. The summed E-state index contributed by atoms with van der Waals surface area (Å²) in [5.41, 5.74) is 0.0327. The first-order valence-corrected chi connectivity index (χ1v) is 8.44. The molecule has 124 valence electrons. The molecule has 1 aromatic carbocycles. The van der Waals surface area contributed by atoms with Crippen LogP contribution in [0.15, 0.2) is 42.3 Å². The third-order valence-electron chi connectivity index (χ3n) is 5.18. The third-order valence-corrected chi connectivity index (χ3v) is 5.18. The van der Waals surface area contributed by atoms with Crippen molar-refractivity contribution >= 4 is 5.97 Å². The van der Waals surface area contributed by atoms with Crippen LogP contribution in [-0.4, -0.2) is 29.1 Å². The Bertz CT molecular complexity index is 588. The summed E-state index contributed by atoms with van der Waals surface area (Å²) in [6.07, 6.45) is 4.99. The molecule has 3 aliphatic rings. The molecule has 0 unspecified atom stereocenters. The van der Waals surface area contributed by atoms with Crippen LogP contribution in [0.25, 0.3) is 0 Å². The Morgan fingerprint density at radius 2 is 1.96 bits per heavy atom. The number of fused-ring (bicyclic) bond motifs is 3. The van der Waals surface area contributed by atoms with Crippen molar-refractivity contribution < 1.29 is 14.6 Å². The highest BCUT2D eigenvalue weighted by atomic mass is 16.5. The molecule has 3 heterocycles. The number of aliphatic hydroxyl groups is 1. The minimum atomic E-state index is -1.62. The molecule has 2 bridgehead atoms. The fraction of sp³-hybridized carbons (Fsp3) is 0.526. The summed E-state index contributed by atoms with van der Waals surface area (Å²) in [5.74, 6) is -0.171. The van der Waals surface area contributed by atoms with Crippen molar-refractivity contribution in [2.75, 3.05) is 13.1 Å². The van der Waals surface area contributed by atoms with Crippen molar-refractivity contribution in [3.63, 3.8) is 0 Å². The molecule has 0 radical (unpaired) electrons. The summed E-state index contributed by atoms with van der Waals surface area (Å²) in [5, 5.41) is 11.0. The SMILES string of the molecule is CC(C)[C@](O)(C(=O)O/C=C1\CC2CCN1CC2)c1ccccc1. The summed E-state index contributed by atoms with van der Waals surface area (Å²) >= 11 is 0. The van der Waals surface area contributed by atoms with Gasteiger partial charge in [-0.1, -0.05) is 44.2 Å². The summed E-state index contributed by atoms with van der Waals surface area (Å²) in [4.78, 5) is 14.9. The van der Waals surface area contributed by atoms with Gasteiger partial charge in [-0.3, -0.25) is 0 Å². The van der Waals surface area contributed by atoms with Crippen LogP contribution in [0.3, 0.4) is 0 Å². The zero-order valence-corrected chi connectivity index (χ0v) is 13.9. The Balaban J connectivity index is 1.77. The smallest absolute Gasteiger partial charge is 0.347 e. The highest BCUT2D eigenvalue weighted by molar-refractivity contribution is 5.82. The number of carbonyl (C=O) groups excluding carboxylic acids is 1. The number of hydrogen-bond acceptors (Lipinski definition) is 4. The van der Waals surface area contributed by atoms with E-state index in [2.05, 4.69) is 4.90 Å². The largest absolute Gasteiger partial charge is 0.430 e. The number of rotatable bonds is 4. The van der Waals surface area contributed by atoms with E-state index in [1.807, 2.05) is 32.0 Å². The van der Waals surface area contributed by atoms with Crippen molar-refractivity contribution in [1.82, 2.24) is 4.90 Å². The normalized spacial score (nSPS) is 22.4. The van der Waals surface area contributed by atoms with E-state index in [0.29, 0.717) is 11.5 Å². The van der Waals surface area contributed by atoms with Gasteiger partial charge in [0.1, 0.15) is 6.26 Å². The van der Waals surface area contributed by atoms with Crippen molar-refractivity contribution in [3.8, 4) is 0 Å². The number of ether oxygens (including phenoxy) is 1. The molecular formula is C19H25NO3. The first-order valence-electron chi connectivity index (χ1n) is 8.44. The van der Waals surface area contributed by atoms with Gasteiger partial charge >= 0.3 is 5.97 Å². The van der Waals surface area contributed by atoms with Gasteiger partial charge in [-0.2, -0.15) is 0 Å². The molecule has 4 rings (SSSR count). The molecule has 23 heavy (non-hydrogen) atoms. The second kappa shape index (κ2) is 6.36. The van der Waals surface area contributed by atoms with Crippen LogP contribution >= 0.6 is 0 Å². The van der Waals surface area contributed by atoms with Crippen LogP contribution in [0.1, 0.15) is 38.7 Å². The predicted molar refractivity (Wildman–Crippen MR) is 88.3 cm³/mol.